The van der Waals surface area contributed by atoms with Crippen LogP contribution in [-0.4, -0.2) is 24.4 Å². The van der Waals surface area contributed by atoms with E-state index in [4.69, 9.17) is 4.74 Å². The van der Waals surface area contributed by atoms with Crippen molar-refractivity contribution >= 4 is 0 Å². The first kappa shape index (κ1) is 14.9. The largest absolute Gasteiger partial charge is 0.490 e. The Labute approximate surface area is 108 Å². The van der Waals surface area contributed by atoms with Crippen molar-refractivity contribution in [1.82, 2.24) is 5.32 Å². The van der Waals surface area contributed by atoms with Gasteiger partial charge in [0.05, 0.1) is 6.10 Å². The van der Waals surface area contributed by atoms with Crippen LogP contribution in [-0.2, 0) is 0 Å². The van der Waals surface area contributed by atoms with Gasteiger partial charge in [-0.1, -0.05) is 13.0 Å². The summed E-state index contributed by atoms with van der Waals surface area (Å²) < 4.78 is 18.7. The summed E-state index contributed by atoms with van der Waals surface area (Å²) >= 11 is 0. The fraction of sp³-hybridized carbons (Fsp3) is 0.571. The molecule has 0 aromatic heterocycles. The Morgan fingerprint density at radius 2 is 2.11 bits per heavy atom. The highest BCUT2D eigenvalue weighted by Gasteiger charge is 2.12. The molecule has 1 aromatic carbocycles. The van der Waals surface area contributed by atoms with Gasteiger partial charge in [-0.3, -0.25) is 0 Å². The van der Waals surface area contributed by atoms with Crippen LogP contribution in [0.5, 0.6) is 5.75 Å². The van der Waals surface area contributed by atoms with Crippen molar-refractivity contribution in [2.45, 2.75) is 39.3 Å². The van der Waals surface area contributed by atoms with Crippen LogP contribution in [0.25, 0.3) is 0 Å². The van der Waals surface area contributed by atoms with Gasteiger partial charge in [-0.25, -0.2) is 4.39 Å². The maximum atomic E-state index is 13.2. The van der Waals surface area contributed by atoms with Gasteiger partial charge >= 0.3 is 0 Å². The van der Waals surface area contributed by atoms with Crippen LogP contribution in [0.15, 0.2) is 18.2 Å². The van der Waals surface area contributed by atoms with Gasteiger partial charge < -0.3 is 15.2 Å². The number of hydrogen-bond donors (Lipinski definition) is 2. The SMILES string of the molecule is CCCNC(C)c1ccc(F)cc1OCC(C)O. The first-order chi connectivity index (χ1) is 8.54. The lowest BCUT2D eigenvalue weighted by Crippen LogP contribution is -2.21. The Hall–Kier alpha value is -1.13. The van der Waals surface area contributed by atoms with E-state index in [1.165, 1.54) is 12.1 Å². The van der Waals surface area contributed by atoms with Crippen molar-refractivity contribution in [1.29, 1.82) is 0 Å². The molecule has 4 heteroatoms. The molecule has 0 spiro atoms. The topological polar surface area (TPSA) is 41.5 Å². The van der Waals surface area contributed by atoms with Gasteiger partial charge in [0.1, 0.15) is 18.2 Å². The van der Waals surface area contributed by atoms with Gasteiger partial charge in [0.25, 0.3) is 0 Å². The number of hydrogen-bond acceptors (Lipinski definition) is 3. The minimum Gasteiger partial charge on any atom is -0.490 e. The van der Waals surface area contributed by atoms with E-state index in [9.17, 15) is 9.50 Å². The van der Waals surface area contributed by atoms with Gasteiger partial charge in [0.15, 0.2) is 0 Å². The molecule has 0 saturated heterocycles. The first-order valence-corrected chi connectivity index (χ1v) is 6.38. The molecule has 0 aliphatic heterocycles. The molecule has 0 aliphatic rings. The lowest BCUT2D eigenvalue weighted by molar-refractivity contribution is 0.121. The highest BCUT2D eigenvalue weighted by Crippen LogP contribution is 2.26. The quantitative estimate of drug-likeness (QED) is 0.787. The summed E-state index contributed by atoms with van der Waals surface area (Å²) in [6.07, 6.45) is 0.468. The number of aliphatic hydroxyl groups is 1. The minimum absolute atomic E-state index is 0.0922. The maximum absolute atomic E-state index is 13.2. The Bertz CT molecular complexity index is 369. The molecule has 2 N–H and O–H groups in total. The molecule has 1 rings (SSSR count). The molecule has 1 aromatic rings. The normalized spacial score (nSPS) is 14.3. The Morgan fingerprint density at radius 3 is 2.72 bits per heavy atom. The zero-order valence-corrected chi connectivity index (χ0v) is 11.2. The van der Waals surface area contributed by atoms with E-state index in [1.54, 1.807) is 13.0 Å². The van der Waals surface area contributed by atoms with E-state index >= 15 is 0 Å². The van der Waals surface area contributed by atoms with E-state index in [-0.39, 0.29) is 18.5 Å². The first-order valence-electron chi connectivity index (χ1n) is 6.38. The molecule has 0 amide bonds. The number of halogens is 1. The van der Waals surface area contributed by atoms with E-state index in [0.29, 0.717) is 5.75 Å². The average Bonchev–Trinajstić information content (AvgIpc) is 2.33. The Kier molecular flexibility index (Phi) is 6.09. The molecule has 2 unspecified atom stereocenters. The van der Waals surface area contributed by atoms with E-state index in [0.717, 1.165) is 18.5 Å². The third-order valence-corrected chi connectivity index (χ3v) is 2.62. The van der Waals surface area contributed by atoms with Crippen molar-refractivity contribution in [2.75, 3.05) is 13.2 Å². The number of nitrogens with one attached hydrogen (secondary N) is 1. The fourth-order valence-electron chi connectivity index (χ4n) is 1.67. The molecule has 0 aliphatic carbocycles. The summed E-state index contributed by atoms with van der Waals surface area (Å²) in [5.74, 6) is 0.161. The van der Waals surface area contributed by atoms with Gasteiger partial charge in [-0.05, 0) is 32.9 Å². The number of aliphatic hydroxyl groups excluding tert-OH is 1. The van der Waals surface area contributed by atoms with Gasteiger partial charge in [-0.15, -0.1) is 0 Å². The third kappa shape index (κ3) is 4.63. The summed E-state index contributed by atoms with van der Waals surface area (Å²) in [5, 5.41) is 12.6. The molecular formula is C14H22FNO2. The fourth-order valence-corrected chi connectivity index (χ4v) is 1.67. The monoisotopic (exact) mass is 255 g/mol. The summed E-state index contributed by atoms with van der Waals surface area (Å²) in [6.45, 7) is 6.80. The van der Waals surface area contributed by atoms with Crippen molar-refractivity contribution in [2.24, 2.45) is 0 Å². The van der Waals surface area contributed by atoms with Crippen LogP contribution < -0.4 is 10.1 Å². The summed E-state index contributed by atoms with van der Waals surface area (Å²) in [6, 6.07) is 4.60. The zero-order chi connectivity index (χ0) is 13.5. The van der Waals surface area contributed by atoms with Crippen molar-refractivity contribution in [3.8, 4) is 5.75 Å². The molecule has 0 heterocycles. The maximum Gasteiger partial charge on any atom is 0.127 e. The Morgan fingerprint density at radius 1 is 1.39 bits per heavy atom. The molecule has 102 valence electrons. The van der Waals surface area contributed by atoms with Crippen molar-refractivity contribution < 1.29 is 14.2 Å². The lowest BCUT2D eigenvalue weighted by Gasteiger charge is -2.18. The summed E-state index contributed by atoms with van der Waals surface area (Å²) in [7, 11) is 0. The zero-order valence-electron chi connectivity index (χ0n) is 11.2. The van der Waals surface area contributed by atoms with Gasteiger partial charge in [-0.2, -0.15) is 0 Å². The second-order valence-corrected chi connectivity index (χ2v) is 4.52. The number of ether oxygens (including phenoxy) is 1. The lowest BCUT2D eigenvalue weighted by atomic mass is 10.1. The smallest absolute Gasteiger partial charge is 0.127 e. The average molecular weight is 255 g/mol. The van der Waals surface area contributed by atoms with Crippen molar-refractivity contribution in [3.63, 3.8) is 0 Å². The summed E-state index contributed by atoms with van der Waals surface area (Å²) in [5.41, 5.74) is 0.908. The van der Waals surface area contributed by atoms with E-state index < -0.39 is 6.10 Å². The van der Waals surface area contributed by atoms with E-state index in [1.807, 2.05) is 6.92 Å². The molecule has 3 nitrogen and oxygen atoms in total. The molecule has 0 saturated carbocycles. The molecule has 0 fully saturated rings. The predicted molar refractivity (Wildman–Crippen MR) is 70.3 cm³/mol. The molecular weight excluding hydrogens is 233 g/mol. The second-order valence-electron chi connectivity index (χ2n) is 4.52. The van der Waals surface area contributed by atoms with Crippen LogP contribution in [0.3, 0.4) is 0 Å². The van der Waals surface area contributed by atoms with Crippen LogP contribution in [0.2, 0.25) is 0 Å². The standard InChI is InChI=1S/C14H22FNO2/c1-4-7-16-11(3)13-6-5-12(15)8-14(13)18-9-10(2)17/h5-6,8,10-11,16-17H,4,7,9H2,1-3H3. The molecule has 18 heavy (non-hydrogen) atoms. The molecule has 0 radical (unpaired) electrons. The predicted octanol–water partition coefficient (Wildman–Crippen LogP) is 2.65. The number of rotatable bonds is 7. The highest BCUT2D eigenvalue weighted by molar-refractivity contribution is 5.36. The second kappa shape index (κ2) is 7.34. The molecule has 0 bridgehead atoms. The van der Waals surface area contributed by atoms with Gasteiger partial charge in [0, 0.05) is 17.7 Å². The van der Waals surface area contributed by atoms with Crippen LogP contribution in [0.4, 0.5) is 4.39 Å². The van der Waals surface area contributed by atoms with Crippen LogP contribution in [0.1, 0.15) is 38.8 Å². The highest BCUT2D eigenvalue weighted by atomic mass is 19.1. The van der Waals surface area contributed by atoms with Crippen molar-refractivity contribution in [3.05, 3.63) is 29.6 Å². The number of benzene rings is 1. The minimum atomic E-state index is -0.569. The van der Waals surface area contributed by atoms with Crippen LogP contribution >= 0.6 is 0 Å². The molecule has 2 atom stereocenters. The van der Waals surface area contributed by atoms with Crippen LogP contribution in [0, 0.1) is 5.82 Å². The van der Waals surface area contributed by atoms with E-state index in [2.05, 4.69) is 12.2 Å². The van der Waals surface area contributed by atoms with Gasteiger partial charge in [0.2, 0.25) is 0 Å². The Balaban J connectivity index is 2.81. The summed E-state index contributed by atoms with van der Waals surface area (Å²) in [4.78, 5) is 0. The third-order valence-electron chi connectivity index (χ3n) is 2.62.